The van der Waals surface area contributed by atoms with Gasteiger partial charge < -0.3 is 9.72 Å². The number of aromatic nitrogens is 5. The van der Waals surface area contributed by atoms with Crippen LogP contribution in [0, 0.1) is 13.8 Å². The van der Waals surface area contributed by atoms with Crippen LogP contribution in [0.25, 0.3) is 11.4 Å². The Labute approximate surface area is 160 Å². The Balaban J connectivity index is 1.84. The highest BCUT2D eigenvalue weighted by Crippen LogP contribution is 2.21. The molecule has 0 aliphatic carbocycles. The number of rotatable bonds is 6. The molecule has 8 nitrogen and oxygen atoms in total. The maximum atomic E-state index is 12.8. The number of ether oxygens (including phenoxy) is 1. The van der Waals surface area contributed by atoms with Crippen molar-refractivity contribution in [3.8, 4) is 11.4 Å². The summed E-state index contributed by atoms with van der Waals surface area (Å²) in [6.45, 7) is 5.25. The van der Waals surface area contributed by atoms with Crippen molar-refractivity contribution < 1.29 is 14.3 Å². The Kier molecular flexibility index (Phi) is 5.36. The third-order valence-corrected chi connectivity index (χ3v) is 4.23. The topological polar surface area (TPSA) is 103 Å². The van der Waals surface area contributed by atoms with E-state index in [4.69, 9.17) is 16.3 Å². The van der Waals surface area contributed by atoms with Crippen LogP contribution in [0.15, 0.2) is 24.3 Å². The molecular weight excluding hydrogens is 370 g/mol. The Morgan fingerprint density at radius 3 is 2.48 bits per heavy atom. The van der Waals surface area contributed by atoms with Crippen LogP contribution >= 0.6 is 11.6 Å². The van der Waals surface area contributed by atoms with Gasteiger partial charge in [0.2, 0.25) is 5.82 Å². The third kappa shape index (κ3) is 3.90. The SMILES string of the molecule is CCOC(=O)c1c(C)[nH]c(C)c1C(=O)Cn1nnc(-c2ccc(Cl)cc2)n1. The van der Waals surface area contributed by atoms with Crippen molar-refractivity contribution >= 4 is 23.4 Å². The van der Waals surface area contributed by atoms with Crippen LogP contribution in [-0.4, -0.2) is 43.6 Å². The number of tetrazole rings is 1. The van der Waals surface area contributed by atoms with Gasteiger partial charge in [-0.05, 0) is 50.3 Å². The number of carbonyl (C=O) groups excluding carboxylic acids is 2. The summed E-state index contributed by atoms with van der Waals surface area (Å²) in [5.74, 6) is -0.455. The smallest absolute Gasteiger partial charge is 0.340 e. The molecule has 27 heavy (non-hydrogen) atoms. The molecule has 0 radical (unpaired) electrons. The highest BCUT2D eigenvalue weighted by Gasteiger charge is 2.26. The molecule has 1 aromatic carbocycles. The van der Waals surface area contributed by atoms with Crippen LogP contribution in [0.2, 0.25) is 5.02 Å². The lowest BCUT2D eigenvalue weighted by Crippen LogP contribution is -2.17. The minimum Gasteiger partial charge on any atom is -0.462 e. The van der Waals surface area contributed by atoms with E-state index in [-0.39, 0.29) is 30.1 Å². The lowest BCUT2D eigenvalue weighted by Gasteiger charge is -2.05. The molecule has 3 aromatic rings. The molecule has 0 saturated heterocycles. The van der Waals surface area contributed by atoms with Gasteiger partial charge in [0.25, 0.3) is 0 Å². The van der Waals surface area contributed by atoms with Crippen LogP contribution in [0.1, 0.15) is 39.0 Å². The Morgan fingerprint density at radius 1 is 1.15 bits per heavy atom. The number of H-pyrrole nitrogens is 1. The van der Waals surface area contributed by atoms with E-state index < -0.39 is 5.97 Å². The molecule has 1 N–H and O–H groups in total. The standard InChI is InChI=1S/C18H18ClN5O3/c1-4-27-18(26)16-11(3)20-10(2)15(16)14(25)9-24-22-17(21-23-24)12-5-7-13(19)8-6-12/h5-8,20H,4,9H2,1-3H3. The van der Waals surface area contributed by atoms with Crippen molar-refractivity contribution in [1.29, 1.82) is 0 Å². The number of aromatic amines is 1. The Bertz CT molecular complexity index is 991. The van der Waals surface area contributed by atoms with Crippen LogP contribution in [0.3, 0.4) is 0 Å². The predicted octanol–water partition coefficient (Wildman–Crippen LogP) is 3.00. The maximum absolute atomic E-state index is 12.8. The fourth-order valence-electron chi connectivity index (χ4n) is 2.82. The van der Waals surface area contributed by atoms with E-state index in [9.17, 15) is 9.59 Å². The molecule has 9 heteroatoms. The summed E-state index contributed by atoms with van der Waals surface area (Å²) < 4.78 is 5.06. The predicted molar refractivity (Wildman–Crippen MR) is 98.8 cm³/mol. The van der Waals surface area contributed by atoms with Crippen LogP contribution in [0.4, 0.5) is 0 Å². The molecule has 0 spiro atoms. The number of nitrogens with zero attached hydrogens (tertiary/aromatic N) is 4. The van der Waals surface area contributed by atoms with Gasteiger partial charge in [0.05, 0.1) is 17.7 Å². The van der Waals surface area contributed by atoms with E-state index in [2.05, 4.69) is 20.4 Å². The number of ketones is 1. The summed E-state index contributed by atoms with van der Waals surface area (Å²) in [4.78, 5) is 29.2. The quantitative estimate of drug-likeness (QED) is 0.515. The second kappa shape index (κ2) is 7.71. The average molecular weight is 388 g/mol. The first kappa shape index (κ1) is 18.8. The summed E-state index contributed by atoms with van der Waals surface area (Å²) in [6.07, 6.45) is 0. The third-order valence-electron chi connectivity index (χ3n) is 3.97. The summed E-state index contributed by atoms with van der Waals surface area (Å²) in [5.41, 5.74) is 2.45. The summed E-state index contributed by atoms with van der Waals surface area (Å²) in [5, 5.41) is 12.7. The van der Waals surface area contributed by atoms with E-state index in [1.165, 1.54) is 4.80 Å². The molecule has 2 heterocycles. The number of hydrogen-bond donors (Lipinski definition) is 1. The Morgan fingerprint density at radius 2 is 1.81 bits per heavy atom. The molecule has 2 aromatic heterocycles. The summed E-state index contributed by atoms with van der Waals surface area (Å²) >= 11 is 5.87. The zero-order chi connectivity index (χ0) is 19.6. The van der Waals surface area contributed by atoms with Crippen LogP contribution < -0.4 is 0 Å². The van der Waals surface area contributed by atoms with E-state index in [0.29, 0.717) is 22.2 Å². The lowest BCUT2D eigenvalue weighted by molar-refractivity contribution is 0.0522. The van der Waals surface area contributed by atoms with Crippen molar-refractivity contribution in [3.63, 3.8) is 0 Å². The molecule has 0 aliphatic heterocycles. The van der Waals surface area contributed by atoms with Crippen molar-refractivity contribution in [3.05, 3.63) is 51.8 Å². The second-order valence-electron chi connectivity index (χ2n) is 5.92. The van der Waals surface area contributed by atoms with Gasteiger partial charge in [0, 0.05) is 22.0 Å². The van der Waals surface area contributed by atoms with E-state index >= 15 is 0 Å². The molecule has 0 bridgehead atoms. The van der Waals surface area contributed by atoms with Crippen molar-refractivity contribution in [1.82, 2.24) is 25.2 Å². The van der Waals surface area contributed by atoms with Crippen molar-refractivity contribution in [2.24, 2.45) is 0 Å². The van der Waals surface area contributed by atoms with Gasteiger partial charge in [0.15, 0.2) is 5.78 Å². The van der Waals surface area contributed by atoms with E-state index in [1.54, 1.807) is 45.0 Å². The number of aryl methyl sites for hydroxylation is 2. The van der Waals surface area contributed by atoms with Gasteiger partial charge in [-0.2, -0.15) is 4.80 Å². The van der Waals surface area contributed by atoms with Gasteiger partial charge in [-0.15, -0.1) is 10.2 Å². The second-order valence-corrected chi connectivity index (χ2v) is 6.36. The normalized spacial score (nSPS) is 10.8. The van der Waals surface area contributed by atoms with Gasteiger partial charge in [-0.3, -0.25) is 4.79 Å². The summed E-state index contributed by atoms with van der Waals surface area (Å²) in [7, 11) is 0. The van der Waals surface area contributed by atoms with Crippen LogP contribution in [-0.2, 0) is 11.3 Å². The van der Waals surface area contributed by atoms with Crippen molar-refractivity contribution in [2.45, 2.75) is 27.3 Å². The minimum absolute atomic E-state index is 0.148. The molecular formula is C18H18ClN5O3. The number of esters is 1. The molecule has 0 fully saturated rings. The fourth-order valence-corrected chi connectivity index (χ4v) is 2.95. The van der Waals surface area contributed by atoms with Gasteiger partial charge >= 0.3 is 5.97 Å². The van der Waals surface area contributed by atoms with Crippen LogP contribution in [0.5, 0.6) is 0 Å². The number of carbonyl (C=O) groups is 2. The zero-order valence-electron chi connectivity index (χ0n) is 15.1. The maximum Gasteiger partial charge on any atom is 0.340 e. The average Bonchev–Trinajstić information content (AvgIpc) is 3.19. The fraction of sp³-hybridized carbons (Fsp3) is 0.278. The molecule has 0 saturated carbocycles. The highest BCUT2D eigenvalue weighted by atomic mass is 35.5. The zero-order valence-corrected chi connectivity index (χ0v) is 15.9. The van der Waals surface area contributed by atoms with E-state index in [1.807, 2.05) is 0 Å². The minimum atomic E-state index is -0.531. The molecule has 0 atom stereocenters. The first-order chi connectivity index (χ1) is 12.9. The number of halogens is 1. The van der Waals surface area contributed by atoms with Gasteiger partial charge in [-0.25, -0.2) is 4.79 Å². The Hall–Kier alpha value is -3.00. The molecule has 3 rings (SSSR count). The van der Waals surface area contributed by atoms with E-state index in [0.717, 1.165) is 5.56 Å². The largest absolute Gasteiger partial charge is 0.462 e. The highest BCUT2D eigenvalue weighted by molar-refractivity contribution is 6.30. The first-order valence-electron chi connectivity index (χ1n) is 8.34. The van der Waals surface area contributed by atoms with Gasteiger partial charge in [-0.1, -0.05) is 11.6 Å². The summed E-state index contributed by atoms with van der Waals surface area (Å²) in [6, 6.07) is 6.98. The molecule has 140 valence electrons. The number of Topliss-reactive ketones (excluding diaryl/α,β-unsaturated/α-hetero) is 1. The lowest BCUT2D eigenvalue weighted by atomic mass is 10.0. The molecule has 0 amide bonds. The molecule has 0 aliphatic rings. The molecule has 0 unspecified atom stereocenters. The van der Waals surface area contributed by atoms with Crippen molar-refractivity contribution in [2.75, 3.05) is 6.61 Å². The van der Waals surface area contributed by atoms with Gasteiger partial charge in [0.1, 0.15) is 6.54 Å². The number of benzene rings is 1. The number of nitrogens with one attached hydrogen (secondary N) is 1. The first-order valence-corrected chi connectivity index (χ1v) is 8.71. The number of hydrogen-bond acceptors (Lipinski definition) is 6. The monoisotopic (exact) mass is 387 g/mol.